The Kier molecular flexibility index (Phi) is 9.40. The molecule has 0 aromatic carbocycles. The van der Waals surface area contributed by atoms with Gasteiger partial charge in [-0.05, 0) is 57.6 Å². The Balaban J connectivity index is 5.71. The van der Waals surface area contributed by atoms with Crippen molar-refractivity contribution in [3.63, 3.8) is 0 Å². The Morgan fingerprint density at radius 3 is 2.09 bits per heavy atom. The minimum atomic E-state index is 0.394. The van der Waals surface area contributed by atoms with Crippen LogP contribution in [0, 0.1) is 5.92 Å². The molecule has 0 fully saturated rings. The molecule has 0 spiro atoms. The zero-order valence-corrected chi connectivity index (χ0v) is 15.6. The normalized spacial score (nSPS) is 15.0. The lowest BCUT2D eigenvalue weighted by Gasteiger charge is -2.21. The zero-order chi connectivity index (χ0) is 17.3. The first-order chi connectivity index (χ1) is 10.3. The summed E-state index contributed by atoms with van der Waals surface area (Å²) in [5, 5.41) is 0. The van der Waals surface area contributed by atoms with Crippen LogP contribution in [0.15, 0.2) is 64.2 Å². The van der Waals surface area contributed by atoms with E-state index in [1.165, 1.54) is 16.7 Å². The molecule has 1 unspecified atom stereocenters. The maximum Gasteiger partial charge on any atom is 0.0354 e. The summed E-state index contributed by atoms with van der Waals surface area (Å²) in [6.07, 6.45) is 8.47. The third-order valence-electron chi connectivity index (χ3n) is 3.85. The van der Waals surface area contributed by atoms with Gasteiger partial charge in [-0.2, -0.15) is 0 Å². The predicted molar refractivity (Wildman–Crippen MR) is 103 cm³/mol. The van der Waals surface area contributed by atoms with Crippen molar-refractivity contribution in [3.05, 3.63) is 59.3 Å². The Morgan fingerprint density at radius 1 is 1.14 bits per heavy atom. The van der Waals surface area contributed by atoms with Crippen LogP contribution in [0.4, 0.5) is 0 Å². The van der Waals surface area contributed by atoms with E-state index < -0.39 is 0 Å². The van der Waals surface area contributed by atoms with Gasteiger partial charge in [0, 0.05) is 12.8 Å². The Morgan fingerprint density at radius 2 is 1.73 bits per heavy atom. The highest BCUT2D eigenvalue weighted by atomic mass is 14.7. The van der Waals surface area contributed by atoms with Crippen molar-refractivity contribution in [2.24, 2.45) is 10.9 Å². The van der Waals surface area contributed by atoms with Crippen molar-refractivity contribution in [3.8, 4) is 0 Å². The van der Waals surface area contributed by atoms with Crippen LogP contribution in [0.1, 0.15) is 54.4 Å². The lowest BCUT2D eigenvalue weighted by Crippen LogP contribution is -2.12. The van der Waals surface area contributed by atoms with Crippen molar-refractivity contribution in [2.75, 3.05) is 7.05 Å². The van der Waals surface area contributed by atoms with E-state index in [9.17, 15) is 0 Å². The molecule has 0 aliphatic rings. The summed E-state index contributed by atoms with van der Waals surface area (Å²) < 4.78 is 0. The molecule has 0 aromatic rings. The van der Waals surface area contributed by atoms with E-state index in [1.54, 1.807) is 0 Å². The summed E-state index contributed by atoms with van der Waals surface area (Å²) in [6.45, 7) is 20.9. The molecular weight excluding hydrogens is 266 g/mol. The van der Waals surface area contributed by atoms with Crippen LogP contribution in [-0.2, 0) is 0 Å². The third kappa shape index (κ3) is 6.43. The van der Waals surface area contributed by atoms with Gasteiger partial charge in [-0.25, -0.2) is 0 Å². The molecular formula is C21H33N. The molecule has 0 aromatic heterocycles. The minimum Gasteiger partial charge on any atom is -0.293 e. The summed E-state index contributed by atoms with van der Waals surface area (Å²) in [4.78, 5) is 4.41. The van der Waals surface area contributed by atoms with Gasteiger partial charge in [0.05, 0.1) is 0 Å². The van der Waals surface area contributed by atoms with Crippen molar-refractivity contribution in [1.29, 1.82) is 0 Å². The molecule has 0 radical (unpaired) electrons. The SMILES string of the molecule is C=C/C(C(=C)C)=C(/C(C)=NC)C(C)C/C(=C/C=C(C)C)CC. The van der Waals surface area contributed by atoms with Crippen LogP contribution in [0.3, 0.4) is 0 Å². The molecule has 0 bridgehead atoms. The monoisotopic (exact) mass is 299 g/mol. The minimum absolute atomic E-state index is 0.394. The molecule has 0 heterocycles. The molecule has 22 heavy (non-hydrogen) atoms. The van der Waals surface area contributed by atoms with Crippen molar-refractivity contribution in [2.45, 2.75) is 54.4 Å². The molecule has 1 nitrogen and oxygen atoms in total. The van der Waals surface area contributed by atoms with Crippen LogP contribution in [0.25, 0.3) is 0 Å². The maximum atomic E-state index is 4.41. The molecule has 122 valence electrons. The highest BCUT2D eigenvalue weighted by Gasteiger charge is 2.17. The van der Waals surface area contributed by atoms with Crippen LogP contribution >= 0.6 is 0 Å². The molecule has 0 saturated heterocycles. The molecule has 0 rings (SSSR count). The number of aliphatic imine (C=N–C) groups is 1. The van der Waals surface area contributed by atoms with E-state index in [0.717, 1.165) is 29.7 Å². The first-order valence-corrected chi connectivity index (χ1v) is 8.07. The number of rotatable bonds is 8. The summed E-state index contributed by atoms with van der Waals surface area (Å²) in [6, 6.07) is 0. The Hall–Kier alpha value is -1.63. The van der Waals surface area contributed by atoms with Gasteiger partial charge in [0.15, 0.2) is 0 Å². The van der Waals surface area contributed by atoms with Gasteiger partial charge < -0.3 is 0 Å². The van der Waals surface area contributed by atoms with Crippen molar-refractivity contribution >= 4 is 5.71 Å². The van der Waals surface area contributed by atoms with E-state index in [0.29, 0.717) is 5.92 Å². The predicted octanol–water partition coefficient (Wildman–Crippen LogP) is 6.46. The second-order valence-electron chi connectivity index (χ2n) is 6.15. The topological polar surface area (TPSA) is 12.4 Å². The quantitative estimate of drug-likeness (QED) is 0.360. The lowest BCUT2D eigenvalue weighted by molar-refractivity contribution is 0.675. The molecule has 1 heteroatoms. The number of allylic oxidation sites excluding steroid dienone is 8. The van der Waals surface area contributed by atoms with Gasteiger partial charge in [0.1, 0.15) is 0 Å². The molecule has 1 atom stereocenters. The van der Waals surface area contributed by atoms with Gasteiger partial charge in [-0.3, -0.25) is 4.99 Å². The molecule has 0 aliphatic carbocycles. The van der Waals surface area contributed by atoms with Crippen LogP contribution in [0.5, 0.6) is 0 Å². The highest BCUT2D eigenvalue weighted by Crippen LogP contribution is 2.28. The van der Waals surface area contributed by atoms with E-state index in [1.807, 2.05) is 20.0 Å². The molecule has 0 aliphatic heterocycles. The maximum absolute atomic E-state index is 4.41. The van der Waals surface area contributed by atoms with Crippen molar-refractivity contribution < 1.29 is 0 Å². The van der Waals surface area contributed by atoms with Gasteiger partial charge in [-0.15, -0.1) is 0 Å². The fourth-order valence-corrected chi connectivity index (χ4v) is 2.56. The van der Waals surface area contributed by atoms with Gasteiger partial charge >= 0.3 is 0 Å². The van der Waals surface area contributed by atoms with Gasteiger partial charge in [-0.1, -0.05) is 62.0 Å². The summed E-state index contributed by atoms with van der Waals surface area (Å²) in [5.74, 6) is 0.394. The summed E-state index contributed by atoms with van der Waals surface area (Å²) >= 11 is 0. The fraction of sp³-hybridized carbons (Fsp3) is 0.476. The summed E-state index contributed by atoms with van der Waals surface area (Å²) in [7, 11) is 1.85. The number of hydrogen-bond acceptors (Lipinski definition) is 1. The van der Waals surface area contributed by atoms with E-state index in [2.05, 4.69) is 64.9 Å². The number of nitrogens with zero attached hydrogens (tertiary/aromatic N) is 1. The van der Waals surface area contributed by atoms with Crippen LogP contribution in [0.2, 0.25) is 0 Å². The average Bonchev–Trinajstić information content (AvgIpc) is 2.47. The Labute approximate surface area is 137 Å². The van der Waals surface area contributed by atoms with Crippen molar-refractivity contribution in [1.82, 2.24) is 0 Å². The molecule has 0 amide bonds. The second-order valence-corrected chi connectivity index (χ2v) is 6.15. The fourth-order valence-electron chi connectivity index (χ4n) is 2.56. The van der Waals surface area contributed by atoms with E-state index in [4.69, 9.17) is 0 Å². The van der Waals surface area contributed by atoms with Crippen LogP contribution in [-0.4, -0.2) is 12.8 Å². The molecule has 0 saturated carbocycles. The Bertz CT molecular complexity index is 520. The third-order valence-corrected chi connectivity index (χ3v) is 3.85. The molecule has 0 N–H and O–H groups in total. The van der Waals surface area contributed by atoms with Crippen LogP contribution < -0.4 is 0 Å². The first kappa shape index (κ1) is 20.4. The zero-order valence-electron chi connectivity index (χ0n) is 15.6. The second kappa shape index (κ2) is 10.2. The smallest absolute Gasteiger partial charge is 0.0354 e. The number of hydrogen-bond donors (Lipinski definition) is 0. The van der Waals surface area contributed by atoms with E-state index >= 15 is 0 Å². The average molecular weight is 300 g/mol. The summed E-state index contributed by atoms with van der Waals surface area (Å²) in [5.41, 5.74) is 7.30. The standard InChI is InChI=1S/C21H33N/c1-10-19(13-12-15(3)4)14-17(7)21(18(8)22-9)20(11-2)16(5)6/h11-13,17H,2,5,10,14H2,1,3-4,6-9H3/b19-13+,21-20-,22-18?. The van der Waals surface area contributed by atoms with E-state index in [-0.39, 0.29) is 0 Å². The highest BCUT2D eigenvalue weighted by molar-refractivity contribution is 6.00. The lowest BCUT2D eigenvalue weighted by atomic mass is 9.84. The van der Waals surface area contributed by atoms with Gasteiger partial charge in [0.25, 0.3) is 0 Å². The first-order valence-electron chi connectivity index (χ1n) is 8.07. The van der Waals surface area contributed by atoms with Gasteiger partial charge in [0.2, 0.25) is 0 Å². The largest absolute Gasteiger partial charge is 0.293 e.